The van der Waals surface area contributed by atoms with Gasteiger partial charge in [0.15, 0.2) is 11.0 Å². The summed E-state index contributed by atoms with van der Waals surface area (Å²) in [6.07, 6.45) is 0.360. The van der Waals surface area contributed by atoms with Crippen molar-refractivity contribution in [3.8, 4) is 5.69 Å². The molecule has 27 heavy (non-hydrogen) atoms. The summed E-state index contributed by atoms with van der Waals surface area (Å²) in [5.41, 5.74) is 5.78. The Morgan fingerprint density at radius 2 is 1.85 bits per heavy atom. The second-order valence-corrected chi connectivity index (χ2v) is 7.03. The van der Waals surface area contributed by atoms with Gasteiger partial charge in [-0.15, -0.1) is 0 Å². The first-order valence-electron chi connectivity index (χ1n) is 8.24. The molecule has 1 aromatic heterocycles. The predicted octanol–water partition coefficient (Wildman–Crippen LogP) is 1.37. The number of hydrogen-bond acceptors (Lipinski definition) is 6. The fourth-order valence-electron chi connectivity index (χ4n) is 3.28. The van der Waals surface area contributed by atoms with Crippen LogP contribution in [0, 0.1) is 12.8 Å². The summed E-state index contributed by atoms with van der Waals surface area (Å²) >= 11 is 11.4. The van der Waals surface area contributed by atoms with Crippen molar-refractivity contribution in [2.75, 3.05) is 0 Å². The van der Waals surface area contributed by atoms with Crippen LogP contribution in [-0.4, -0.2) is 32.4 Å². The number of aryl methyl sites for hydroxylation is 1. The second kappa shape index (κ2) is 6.75. The van der Waals surface area contributed by atoms with E-state index in [1.54, 1.807) is 4.68 Å². The molecule has 2 aliphatic heterocycles. The van der Waals surface area contributed by atoms with Crippen molar-refractivity contribution in [3.63, 3.8) is 0 Å². The smallest absolute Gasteiger partial charge is 0.244 e. The fourth-order valence-corrected chi connectivity index (χ4v) is 3.88. The Bertz CT molecular complexity index is 967. The number of aromatic nitrogens is 2. The van der Waals surface area contributed by atoms with Crippen LogP contribution in [0.25, 0.3) is 5.69 Å². The molecule has 4 rings (SSSR count). The SMILES string of the molecule is Cc1nn(-c2ccccc2)c(Cl)c1C1CC(C2C(=O)NC(=S)NC2=O)=NN1. The van der Waals surface area contributed by atoms with Crippen molar-refractivity contribution in [2.24, 2.45) is 11.0 Å². The highest BCUT2D eigenvalue weighted by Crippen LogP contribution is 2.34. The first-order valence-corrected chi connectivity index (χ1v) is 9.02. The lowest BCUT2D eigenvalue weighted by Crippen LogP contribution is -2.57. The first-order chi connectivity index (χ1) is 13.0. The molecule has 1 saturated heterocycles. The van der Waals surface area contributed by atoms with Gasteiger partial charge in [-0.1, -0.05) is 29.8 Å². The summed E-state index contributed by atoms with van der Waals surface area (Å²) in [5.74, 6) is -1.97. The van der Waals surface area contributed by atoms with Crippen molar-refractivity contribution in [2.45, 2.75) is 19.4 Å². The molecule has 0 saturated carbocycles. The van der Waals surface area contributed by atoms with E-state index in [-0.39, 0.29) is 11.2 Å². The van der Waals surface area contributed by atoms with Gasteiger partial charge in [-0.25, -0.2) is 4.68 Å². The Kier molecular flexibility index (Phi) is 4.40. The standard InChI is InChI=1S/C17H15ClN6O2S/c1-8-12(14(18)24(23-8)9-5-3-2-4-6-9)10-7-11(22-21-10)13-15(25)19-17(27)20-16(13)26/h2-6,10,13,21H,7H2,1H3,(H2,19,20,25,26,27). The van der Waals surface area contributed by atoms with Gasteiger partial charge in [0, 0.05) is 12.0 Å². The Balaban J connectivity index is 1.59. The molecular weight excluding hydrogens is 388 g/mol. The highest BCUT2D eigenvalue weighted by atomic mass is 35.5. The van der Waals surface area contributed by atoms with Crippen molar-refractivity contribution in [3.05, 3.63) is 46.7 Å². The molecule has 0 bridgehead atoms. The maximum atomic E-state index is 12.2. The number of hydrogen-bond donors (Lipinski definition) is 3. The molecular formula is C17H15ClN6O2S. The number of nitrogens with zero attached hydrogens (tertiary/aromatic N) is 3. The molecule has 1 atom stereocenters. The largest absolute Gasteiger partial charge is 0.302 e. The molecule has 8 nitrogen and oxygen atoms in total. The van der Waals surface area contributed by atoms with Gasteiger partial charge in [0.05, 0.1) is 23.1 Å². The highest BCUT2D eigenvalue weighted by molar-refractivity contribution is 7.80. The predicted molar refractivity (Wildman–Crippen MR) is 104 cm³/mol. The van der Waals surface area contributed by atoms with Gasteiger partial charge in [-0.2, -0.15) is 10.2 Å². The second-order valence-electron chi connectivity index (χ2n) is 6.27. The van der Waals surface area contributed by atoms with Gasteiger partial charge in [0.1, 0.15) is 5.15 Å². The minimum atomic E-state index is -1.02. The summed E-state index contributed by atoms with van der Waals surface area (Å²) in [6, 6.07) is 9.26. The molecule has 3 N–H and O–H groups in total. The summed E-state index contributed by atoms with van der Waals surface area (Å²) in [4.78, 5) is 24.3. The average Bonchev–Trinajstić information content (AvgIpc) is 3.19. The van der Waals surface area contributed by atoms with Crippen LogP contribution in [0.3, 0.4) is 0 Å². The van der Waals surface area contributed by atoms with Crippen molar-refractivity contribution in [1.29, 1.82) is 0 Å². The molecule has 2 aromatic rings. The Morgan fingerprint density at radius 3 is 2.52 bits per heavy atom. The first kappa shape index (κ1) is 17.6. The van der Waals surface area contributed by atoms with E-state index in [4.69, 9.17) is 23.8 Å². The molecule has 1 fully saturated rings. The lowest BCUT2D eigenvalue weighted by atomic mass is 9.93. The van der Waals surface area contributed by atoms with E-state index in [9.17, 15) is 9.59 Å². The number of nitrogens with one attached hydrogen (secondary N) is 3. The molecule has 0 aliphatic carbocycles. The number of amides is 2. The van der Waals surface area contributed by atoms with Crippen LogP contribution in [0.5, 0.6) is 0 Å². The van der Waals surface area contributed by atoms with E-state index in [1.165, 1.54) is 0 Å². The third kappa shape index (κ3) is 3.08. The zero-order valence-corrected chi connectivity index (χ0v) is 15.8. The summed E-state index contributed by atoms with van der Waals surface area (Å²) in [6.45, 7) is 1.86. The van der Waals surface area contributed by atoms with Crippen LogP contribution < -0.4 is 16.1 Å². The third-order valence-corrected chi connectivity index (χ3v) is 5.07. The van der Waals surface area contributed by atoms with Crippen LogP contribution in [0.4, 0.5) is 0 Å². The molecule has 10 heteroatoms. The Labute approximate surface area is 165 Å². The number of benzene rings is 1. The summed E-state index contributed by atoms with van der Waals surface area (Å²) < 4.78 is 1.66. The number of carbonyl (C=O) groups excluding carboxylic acids is 2. The Hall–Kier alpha value is -2.78. The average molecular weight is 403 g/mol. The minimum absolute atomic E-state index is 0.00684. The molecule has 2 amide bonds. The van der Waals surface area contributed by atoms with Gasteiger partial charge in [-0.3, -0.25) is 9.59 Å². The lowest BCUT2D eigenvalue weighted by Gasteiger charge is -2.22. The number of halogens is 1. The van der Waals surface area contributed by atoms with E-state index in [0.29, 0.717) is 17.3 Å². The van der Waals surface area contributed by atoms with Crippen molar-refractivity contribution >= 4 is 46.5 Å². The minimum Gasteiger partial charge on any atom is -0.302 e. The quantitative estimate of drug-likeness (QED) is 0.532. The Morgan fingerprint density at radius 1 is 1.19 bits per heavy atom. The van der Waals surface area contributed by atoms with Crippen LogP contribution >= 0.6 is 23.8 Å². The van der Waals surface area contributed by atoms with E-state index < -0.39 is 17.7 Å². The monoisotopic (exact) mass is 402 g/mol. The van der Waals surface area contributed by atoms with Crippen LogP contribution in [0.1, 0.15) is 23.7 Å². The van der Waals surface area contributed by atoms with Crippen LogP contribution in [-0.2, 0) is 9.59 Å². The third-order valence-electron chi connectivity index (χ3n) is 4.51. The molecule has 138 valence electrons. The maximum Gasteiger partial charge on any atom is 0.244 e. The van der Waals surface area contributed by atoms with E-state index in [2.05, 4.69) is 26.3 Å². The number of thiocarbonyl (C=S) groups is 1. The van der Waals surface area contributed by atoms with Gasteiger partial charge in [0.25, 0.3) is 0 Å². The van der Waals surface area contributed by atoms with E-state index >= 15 is 0 Å². The number of hydrazone groups is 1. The zero-order chi connectivity index (χ0) is 19.1. The van der Waals surface area contributed by atoms with Crippen LogP contribution in [0.2, 0.25) is 5.15 Å². The molecule has 0 spiro atoms. The molecule has 0 radical (unpaired) electrons. The van der Waals surface area contributed by atoms with E-state index in [1.807, 2.05) is 37.3 Å². The normalized spacial score (nSPS) is 20.1. The number of para-hydroxylation sites is 1. The fraction of sp³-hybridized carbons (Fsp3) is 0.235. The number of rotatable bonds is 3. The highest BCUT2D eigenvalue weighted by Gasteiger charge is 2.40. The zero-order valence-electron chi connectivity index (χ0n) is 14.2. The van der Waals surface area contributed by atoms with Crippen LogP contribution in [0.15, 0.2) is 35.4 Å². The van der Waals surface area contributed by atoms with Crippen molar-refractivity contribution < 1.29 is 9.59 Å². The molecule has 2 aliphatic rings. The van der Waals surface area contributed by atoms with Gasteiger partial charge < -0.3 is 16.1 Å². The summed E-state index contributed by atoms with van der Waals surface area (Å²) in [5, 5.41) is 14.1. The lowest BCUT2D eigenvalue weighted by molar-refractivity contribution is -0.132. The number of carbonyl (C=O) groups is 2. The van der Waals surface area contributed by atoms with Gasteiger partial charge in [-0.05, 0) is 31.3 Å². The topological polar surface area (TPSA) is 100 Å². The molecule has 3 heterocycles. The van der Waals surface area contributed by atoms with Gasteiger partial charge in [0.2, 0.25) is 11.8 Å². The molecule has 1 unspecified atom stereocenters. The summed E-state index contributed by atoms with van der Waals surface area (Å²) in [7, 11) is 0. The molecule has 1 aromatic carbocycles. The van der Waals surface area contributed by atoms with E-state index in [0.717, 1.165) is 16.9 Å². The van der Waals surface area contributed by atoms with Crippen molar-refractivity contribution in [1.82, 2.24) is 25.8 Å². The van der Waals surface area contributed by atoms with Gasteiger partial charge >= 0.3 is 0 Å². The maximum absolute atomic E-state index is 12.2.